The number of carbonyl (C=O) groups excluding carboxylic acids is 3. The average molecular weight is 589 g/mol. The van der Waals surface area contributed by atoms with Crippen LogP contribution in [0.4, 0.5) is 0 Å². The molecule has 0 heterocycles. The van der Waals surface area contributed by atoms with E-state index in [2.05, 4.69) is 19.2 Å². The van der Waals surface area contributed by atoms with E-state index in [9.17, 15) is 24.9 Å². The molecule has 2 saturated carbocycles. The van der Waals surface area contributed by atoms with Crippen LogP contribution >= 0.6 is 0 Å². The number of aliphatic hydroxyl groups excluding tert-OH is 1. The summed E-state index contributed by atoms with van der Waals surface area (Å²) < 4.78 is 0. The van der Waals surface area contributed by atoms with Crippen molar-refractivity contribution in [3.8, 4) is 11.5 Å². The lowest BCUT2D eigenvalue weighted by atomic mass is 9.38. The number of fused-ring (bicyclic) bond motifs is 2. The molecule has 0 aliphatic heterocycles. The summed E-state index contributed by atoms with van der Waals surface area (Å²) in [6.07, 6.45) is 5.58. The minimum Gasteiger partial charge on any atom is -0.506 e. The lowest BCUT2D eigenvalue weighted by molar-refractivity contribution is -0.177. The Morgan fingerprint density at radius 1 is 0.953 bits per heavy atom. The van der Waals surface area contributed by atoms with Crippen LogP contribution in [-0.2, 0) is 14.4 Å². The maximum Gasteiger partial charge on any atom is 0.184 e. The van der Waals surface area contributed by atoms with Gasteiger partial charge in [-0.15, -0.1) is 6.58 Å². The molecule has 1 aromatic rings. The molecule has 2 aliphatic carbocycles. The molecule has 3 rings (SSSR count). The standard InChI is InChI=1S/C37H48O6/c1-21(2)11-13-27-20-36(19-26(24(7)8)17-23(5)6)32(41)30(31(40)25-12-14-28(38)29(39)18-25)33(42)37(34(36)43,35(27,9)10)16-15-22(3)4/h11-12,14-15,18,26-27,38-40H,5,7,13,16-17,19-20H2,1-4,6,8-10H3. The first kappa shape index (κ1) is 33.8. The van der Waals surface area contributed by atoms with Gasteiger partial charge in [-0.3, -0.25) is 14.4 Å². The molecule has 2 bridgehead atoms. The fourth-order valence-corrected chi connectivity index (χ4v) is 7.09. The van der Waals surface area contributed by atoms with Crippen LogP contribution < -0.4 is 0 Å². The molecule has 4 unspecified atom stereocenters. The summed E-state index contributed by atoms with van der Waals surface area (Å²) in [5, 5.41) is 31.7. The number of aliphatic hydroxyl groups is 1. The first-order valence-corrected chi connectivity index (χ1v) is 15.0. The molecule has 4 atom stereocenters. The number of phenols is 2. The predicted octanol–water partition coefficient (Wildman–Crippen LogP) is 8.37. The fraction of sp³-hybridized carbons (Fsp3) is 0.486. The lowest BCUT2D eigenvalue weighted by Gasteiger charge is -2.60. The second kappa shape index (κ2) is 12.1. The molecule has 3 N–H and O–H groups in total. The first-order valence-electron chi connectivity index (χ1n) is 15.0. The van der Waals surface area contributed by atoms with Gasteiger partial charge in [0.2, 0.25) is 0 Å². The topological polar surface area (TPSA) is 112 Å². The third kappa shape index (κ3) is 5.81. The zero-order valence-corrected chi connectivity index (χ0v) is 27.1. The maximum absolute atomic E-state index is 15.1. The van der Waals surface area contributed by atoms with E-state index in [1.54, 1.807) is 0 Å². The van der Waals surface area contributed by atoms with Crippen LogP contribution in [0.15, 0.2) is 71.4 Å². The fourth-order valence-electron chi connectivity index (χ4n) is 7.09. The molecule has 0 saturated heterocycles. The Bertz CT molecular complexity index is 1460. The van der Waals surface area contributed by atoms with Crippen molar-refractivity contribution in [2.75, 3.05) is 0 Å². The van der Waals surface area contributed by atoms with Gasteiger partial charge in [-0.05, 0) is 109 Å². The van der Waals surface area contributed by atoms with Gasteiger partial charge in [-0.25, -0.2) is 0 Å². The van der Waals surface area contributed by atoms with Gasteiger partial charge in [0.25, 0.3) is 0 Å². The van der Waals surface area contributed by atoms with Crippen LogP contribution in [-0.4, -0.2) is 32.7 Å². The Balaban J connectivity index is 2.48. The first-order chi connectivity index (χ1) is 19.8. The van der Waals surface area contributed by atoms with Gasteiger partial charge in [0.15, 0.2) is 28.8 Å². The lowest BCUT2D eigenvalue weighted by Crippen LogP contribution is -2.69. The van der Waals surface area contributed by atoms with Crippen molar-refractivity contribution in [1.29, 1.82) is 0 Å². The highest BCUT2D eigenvalue weighted by atomic mass is 16.3. The largest absolute Gasteiger partial charge is 0.506 e. The number of rotatable bonds is 10. The summed E-state index contributed by atoms with van der Waals surface area (Å²) in [5.74, 6) is -3.71. The molecule has 2 fully saturated rings. The quantitative estimate of drug-likeness (QED) is 0.0632. The average Bonchev–Trinajstić information content (AvgIpc) is 2.89. The number of hydrogen-bond donors (Lipinski definition) is 3. The molecule has 6 heteroatoms. The number of benzene rings is 1. The monoisotopic (exact) mass is 588 g/mol. The van der Waals surface area contributed by atoms with E-state index in [1.807, 2.05) is 61.5 Å². The normalized spacial score (nSPS) is 26.4. The van der Waals surface area contributed by atoms with E-state index >= 15 is 4.79 Å². The second-order valence-corrected chi connectivity index (χ2v) is 13.9. The molecule has 43 heavy (non-hydrogen) atoms. The van der Waals surface area contributed by atoms with Crippen LogP contribution in [0, 0.1) is 28.1 Å². The van der Waals surface area contributed by atoms with E-state index in [0.717, 1.165) is 28.4 Å². The van der Waals surface area contributed by atoms with Gasteiger partial charge in [0, 0.05) is 5.56 Å². The molecule has 0 aromatic heterocycles. The van der Waals surface area contributed by atoms with Crippen molar-refractivity contribution in [2.45, 2.75) is 87.5 Å². The maximum atomic E-state index is 15.1. The molecule has 232 valence electrons. The Morgan fingerprint density at radius 2 is 1.56 bits per heavy atom. The predicted molar refractivity (Wildman–Crippen MR) is 172 cm³/mol. The van der Waals surface area contributed by atoms with Gasteiger partial charge in [-0.1, -0.05) is 54.9 Å². The molecule has 6 nitrogen and oxygen atoms in total. The van der Waals surface area contributed by atoms with Crippen molar-refractivity contribution < 1.29 is 29.7 Å². The van der Waals surface area contributed by atoms with E-state index in [0.29, 0.717) is 12.8 Å². The van der Waals surface area contributed by atoms with Crippen LogP contribution in [0.3, 0.4) is 0 Å². The summed E-state index contributed by atoms with van der Waals surface area (Å²) in [5.41, 5.74) is -0.756. The summed E-state index contributed by atoms with van der Waals surface area (Å²) in [7, 11) is 0. The minimum atomic E-state index is -1.62. The number of aromatic hydroxyl groups is 2. The molecule has 0 amide bonds. The number of Topliss-reactive ketones (excluding diaryl/α,β-unsaturated/α-hetero) is 3. The highest BCUT2D eigenvalue weighted by Crippen LogP contribution is 2.66. The summed E-state index contributed by atoms with van der Waals surface area (Å²) in [4.78, 5) is 44.8. The Kier molecular flexibility index (Phi) is 9.55. The number of hydrogen-bond acceptors (Lipinski definition) is 6. The third-order valence-corrected chi connectivity index (χ3v) is 9.81. The molecule has 0 spiro atoms. The van der Waals surface area contributed by atoms with Gasteiger partial charge >= 0.3 is 0 Å². The zero-order valence-electron chi connectivity index (χ0n) is 27.1. The minimum absolute atomic E-state index is 0.00391. The SMILES string of the molecule is C=C(C)CC(CC12CC(CC=C(C)C)C(C)(C)C(CC=C(C)C)(C(=O)C(=C(O)c3ccc(O)c(O)c3)C1=O)C2=O)C(=C)C. The Morgan fingerprint density at radius 3 is 2.07 bits per heavy atom. The summed E-state index contributed by atoms with van der Waals surface area (Å²) >= 11 is 0. The molecule has 0 radical (unpaired) electrons. The highest BCUT2D eigenvalue weighted by Gasteiger charge is 2.74. The summed E-state index contributed by atoms with van der Waals surface area (Å²) in [6.45, 7) is 23.7. The number of allylic oxidation sites excluding steroid dienone is 7. The second-order valence-electron chi connectivity index (χ2n) is 13.9. The smallest absolute Gasteiger partial charge is 0.184 e. The van der Waals surface area contributed by atoms with Crippen molar-refractivity contribution >= 4 is 23.1 Å². The van der Waals surface area contributed by atoms with E-state index < -0.39 is 50.6 Å². The van der Waals surface area contributed by atoms with Crippen molar-refractivity contribution in [2.24, 2.45) is 28.1 Å². The highest BCUT2D eigenvalue weighted by molar-refractivity contribution is 6.41. The zero-order chi connectivity index (χ0) is 32.7. The van der Waals surface area contributed by atoms with Crippen molar-refractivity contribution in [3.63, 3.8) is 0 Å². The van der Waals surface area contributed by atoms with Crippen molar-refractivity contribution in [3.05, 3.63) is 76.9 Å². The van der Waals surface area contributed by atoms with E-state index in [-0.39, 0.29) is 42.4 Å². The molecular weight excluding hydrogens is 540 g/mol. The molecular formula is C37H48O6. The number of ketones is 3. The van der Waals surface area contributed by atoms with Crippen LogP contribution in [0.1, 0.15) is 93.1 Å². The number of carbonyl (C=O) groups is 3. The molecule has 1 aromatic carbocycles. The van der Waals surface area contributed by atoms with Gasteiger partial charge in [0.05, 0.1) is 5.41 Å². The van der Waals surface area contributed by atoms with Crippen molar-refractivity contribution in [1.82, 2.24) is 0 Å². The van der Waals surface area contributed by atoms with Gasteiger partial charge < -0.3 is 15.3 Å². The van der Waals surface area contributed by atoms with E-state index in [4.69, 9.17) is 0 Å². The van der Waals surface area contributed by atoms with Gasteiger partial charge in [-0.2, -0.15) is 0 Å². The van der Waals surface area contributed by atoms with Crippen LogP contribution in [0.2, 0.25) is 0 Å². The van der Waals surface area contributed by atoms with Crippen LogP contribution in [0.25, 0.3) is 5.76 Å². The van der Waals surface area contributed by atoms with Crippen LogP contribution in [0.5, 0.6) is 11.5 Å². The van der Waals surface area contributed by atoms with Gasteiger partial charge in [0.1, 0.15) is 16.7 Å². The Hall–Kier alpha value is -3.67. The summed E-state index contributed by atoms with van der Waals surface area (Å²) in [6, 6.07) is 3.63. The number of phenolic OH excluding ortho intramolecular Hbond substituents is 2. The Labute approximate surface area is 256 Å². The van der Waals surface area contributed by atoms with E-state index in [1.165, 1.54) is 12.1 Å². The molecule has 2 aliphatic rings. The third-order valence-electron chi connectivity index (χ3n) is 9.81.